The monoisotopic (exact) mass is 289 g/mol. The lowest BCUT2D eigenvalue weighted by Gasteiger charge is -2.26. The number of rotatable bonds is 10. The SMILES string of the molecule is CCCCC(/C=C/c1ccccc1)N[C@@H](COC)C(C)C. The fourth-order valence-corrected chi connectivity index (χ4v) is 2.34. The summed E-state index contributed by atoms with van der Waals surface area (Å²) in [5.74, 6) is 0.569. The Morgan fingerprint density at radius 1 is 1.19 bits per heavy atom. The predicted octanol–water partition coefficient (Wildman–Crippen LogP) is 4.52. The van der Waals surface area contributed by atoms with Crippen LogP contribution in [0.25, 0.3) is 6.08 Å². The number of hydrogen-bond acceptors (Lipinski definition) is 2. The Morgan fingerprint density at radius 2 is 1.90 bits per heavy atom. The fraction of sp³-hybridized carbons (Fsp3) is 0.579. The molecule has 1 aromatic rings. The molecule has 1 aromatic carbocycles. The maximum absolute atomic E-state index is 5.35. The molecule has 0 radical (unpaired) electrons. The summed E-state index contributed by atoms with van der Waals surface area (Å²) in [5.41, 5.74) is 1.26. The second-order valence-electron chi connectivity index (χ2n) is 5.99. The zero-order chi connectivity index (χ0) is 15.5. The summed E-state index contributed by atoms with van der Waals surface area (Å²) in [6.45, 7) is 7.50. The molecule has 0 aliphatic rings. The van der Waals surface area contributed by atoms with E-state index >= 15 is 0 Å². The molecular formula is C19H31NO. The van der Waals surface area contributed by atoms with Crippen LogP contribution in [0, 0.1) is 5.92 Å². The number of hydrogen-bond donors (Lipinski definition) is 1. The molecule has 1 unspecified atom stereocenters. The number of ether oxygens (including phenoxy) is 1. The molecule has 0 amide bonds. The standard InChI is InChI=1S/C19H31NO/c1-5-6-12-18(20-19(15-21-4)16(2)3)14-13-17-10-8-7-9-11-17/h7-11,13-14,16,18-20H,5-6,12,15H2,1-4H3/b14-13+/t18?,19-/m0/s1. The van der Waals surface area contributed by atoms with E-state index in [4.69, 9.17) is 4.74 Å². The lowest BCUT2D eigenvalue weighted by atomic mass is 10.0. The van der Waals surface area contributed by atoms with Gasteiger partial charge in [0, 0.05) is 19.2 Å². The maximum Gasteiger partial charge on any atom is 0.0618 e. The molecule has 0 spiro atoms. The molecule has 1 N–H and O–H groups in total. The van der Waals surface area contributed by atoms with Gasteiger partial charge in [0.1, 0.15) is 0 Å². The largest absolute Gasteiger partial charge is 0.383 e. The van der Waals surface area contributed by atoms with Crippen LogP contribution in [0.4, 0.5) is 0 Å². The third-order valence-electron chi connectivity index (χ3n) is 3.77. The summed E-state index contributed by atoms with van der Waals surface area (Å²) in [4.78, 5) is 0. The highest BCUT2D eigenvalue weighted by Gasteiger charge is 2.16. The molecule has 21 heavy (non-hydrogen) atoms. The van der Waals surface area contributed by atoms with E-state index in [1.165, 1.54) is 24.8 Å². The second kappa shape index (κ2) is 10.6. The highest BCUT2D eigenvalue weighted by atomic mass is 16.5. The molecule has 0 saturated heterocycles. The van der Waals surface area contributed by atoms with Crippen molar-refractivity contribution >= 4 is 6.08 Å². The van der Waals surface area contributed by atoms with E-state index in [1.807, 2.05) is 0 Å². The van der Waals surface area contributed by atoms with Gasteiger partial charge in [-0.15, -0.1) is 0 Å². The minimum atomic E-state index is 0.400. The van der Waals surface area contributed by atoms with Crippen LogP contribution in [-0.4, -0.2) is 25.8 Å². The molecule has 0 aromatic heterocycles. The zero-order valence-corrected chi connectivity index (χ0v) is 14.0. The van der Waals surface area contributed by atoms with E-state index < -0.39 is 0 Å². The van der Waals surface area contributed by atoms with Crippen molar-refractivity contribution in [3.05, 3.63) is 42.0 Å². The average Bonchev–Trinajstić information content (AvgIpc) is 2.50. The van der Waals surface area contributed by atoms with Gasteiger partial charge in [-0.3, -0.25) is 0 Å². The van der Waals surface area contributed by atoms with Gasteiger partial charge < -0.3 is 10.1 Å². The van der Waals surface area contributed by atoms with E-state index in [0.717, 1.165) is 6.61 Å². The smallest absolute Gasteiger partial charge is 0.0618 e. The van der Waals surface area contributed by atoms with Crippen molar-refractivity contribution in [3.63, 3.8) is 0 Å². The Bertz CT molecular complexity index is 386. The summed E-state index contributed by atoms with van der Waals surface area (Å²) >= 11 is 0. The molecule has 2 atom stereocenters. The summed E-state index contributed by atoms with van der Waals surface area (Å²) in [6, 6.07) is 11.3. The summed E-state index contributed by atoms with van der Waals surface area (Å²) in [6.07, 6.45) is 8.17. The molecule has 0 aliphatic carbocycles. The van der Waals surface area contributed by atoms with Crippen molar-refractivity contribution in [1.29, 1.82) is 0 Å². The van der Waals surface area contributed by atoms with Crippen LogP contribution in [0.2, 0.25) is 0 Å². The first-order valence-corrected chi connectivity index (χ1v) is 8.15. The van der Waals surface area contributed by atoms with E-state index in [1.54, 1.807) is 7.11 Å². The molecule has 2 heteroatoms. The van der Waals surface area contributed by atoms with Gasteiger partial charge in [-0.05, 0) is 17.9 Å². The van der Waals surface area contributed by atoms with Crippen LogP contribution in [-0.2, 0) is 4.74 Å². The summed E-state index contributed by atoms with van der Waals surface area (Å²) in [7, 11) is 1.78. The van der Waals surface area contributed by atoms with E-state index in [2.05, 4.69) is 68.6 Å². The van der Waals surface area contributed by atoms with Crippen LogP contribution in [0.3, 0.4) is 0 Å². The first kappa shape index (κ1) is 17.9. The van der Waals surface area contributed by atoms with Gasteiger partial charge in [-0.25, -0.2) is 0 Å². The number of unbranched alkanes of at least 4 members (excludes halogenated alkanes) is 1. The quantitative estimate of drug-likeness (QED) is 0.684. The van der Waals surface area contributed by atoms with E-state index in [0.29, 0.717) is 18.0 Å². The number of methoxy groups -OCH3 is 1. The average molecular weight is 289 g/mol. The van der Waals surface area contributed by atoms with Crippen LogP contribution in [0.1, 0.15) is 45.6 Å². The molecule has 0 bridgehead atoms. The van der Waals surface area contributed by atoms with Crippen molar-refractivity contribution in [2.75, 3.05) is 13.7 Å². The van der Waals surface area contributed by atoms with Gasteiger partial charge in [0.05, 0.1) is 6.61 Å². The molecular weight excluding hydrogens is 258 g/mol. The second-order valence-corrected chi connectivity index (χ2v) is 5.99. The minimum absolute atomic E-state index is 0.400. The normalized spacial score (nSPS) is 14.7. The summed E-state index contributed by atoms with van der Waals surface area (Å²) in [5, 5.41) is 3.75. The zero-order valence-electron chi connectivity index (χ0n) is 14.0. The van der Waals surface area contributed by atoms with Crippen molar-refractivity contribution < 1.29 is 4.74 Å². The maximum atomic E-state index is 5.35. The van der Waals surface area contributed by atoms with Crippen LogP contribution >= 0.6 is 0 Å². The first-order chi connectivity index (χ1) is 10.2. The number of nitrogens with one attached hydrogen (secondary N) is 1. The highest BCUT2D eigenvalue weighted by Crippen LogP contribution is 2.10. The van der Waals surface area contributed by atoms with Crippen LogP contribution in [0.5, 0.6) is 0 Å². The molecule has 0 saturated carbocycles. The van der Waals surface area contributed by atoms with Gasteiger partial charge >= 0.3 is 0 Å². The van der Waals surface area contributed by atoms with Crippen molar-refractivity contribution in [1.82, 2.24) is 5.32 Å². The lowest BCUT2D eigenvalue weighted by Crippen LogP contribution is -2.43. The predicted molar refractivity (Wildman–Crippen MR) is 92.4 cm³/mol. The molecule has 2 nitrogen and oxygen atoms in total. The fourth-order valence-electron chi connectivity index (χ4n) is 2.34. The van der Waals surface area contributed by atoms with Gasteiger partial charge in [0.15, 0.2) is 0 Å². The van der Waals surface area contributed by atoms with Gasteiger partial charge in [0.25, 0.3) is 0 Å². The minimum Gasteiger partial charge on any atom is -0.383 e. The third-order valence-corrected chi connectivity index (χ3v) is 3.77. The Balaban J connectivity index is 2.67. The topological polar surface area (TPSA) is 21.3 Å². The summed E-state index contributed by atoms with van der Waals surface area (Å²) < 4.78 is 5.35. The Kier molecular flexibility index (Phi) is 9.04. The van der Waals surface area contributed by atoms with E-state index in [-0.39, 0.29) is 0 Å². The van der Waals surface area contributed by atoms with Crippen molar-refractivity contribution in [2.45, 2.75) is 52.1 Å². The lowest BCUT2D eigenvalue weighted by molar-refractivity contribution is 0.142. The Labute approximate surface area is 130 Å². The Morgan fingerprint density at radius 3 is 2.48 bits per heavy atom. The third kappa shape index (κ3) is 7.45. The molecule has 0 aliphatic heterocycles. The van der Waals surface area contributed by atoms with Crippen molar-refractivity contribution in [3.8, 4) is 0 Å². The van der Waals surface area contributed by atoms with Crippen LogP contribution < -0.4 is 5.32 Å². The first-order valence-electron chi connectivity index (χ1n) is 8.15. The van der Waals surface area contributed by atoms with Crippen LogP contribution in [0.15, 0.2) is 36.4 Å². The van der Waals surface area contributed by atoms with Gasteiger partial charge in [-0.1, -0.05) is 76.1 Å². The molecule has 0 heterocycles. The Hall–Kier alpha value is -1.12. The van der Waals surface area contributed by atoms with Gasteiger partial charge in [0.2, 0.25) is 0 Å². The highest BCUT2D eigenvalue weighted by molar-refractivity contribution is 5.49. The number of benzene rings is 1. The molecule has 1 rings (SSSR count). The van der Waals surface area contributed by atoms with Gasteiger partial charge in [-0.2, -0.15) is 0 Å². The van der Waals surface area contributed by atoms with Crippen molar-refractivity contribution in [2.24, 2.45) is 5.92 Å². The van der Waals surface area contributed by atoms with E-state index in [9.17, 15) is 0 Å². The molecule has 0 fully saturated rings. The molecule has 118 valence electrons.